The van der Waals surface area contributed by atoms with E-state index >= 15 is 4.39 Å². The van der Waals surface area contributed by atoms with E-state index in [4.69, 9.17) is 4.98 Å². The number of fused-ring (bicyclic) bond motifs is 2. The highest BCUT2D eigenvalue weighted by molar-refractivity contribution is 6.09. The van der Waals surface area contributed by atoms with E-state index in [2.05, 4.69) is 40.4 Å². The predicted octanol–water partition coefficient (Wildman–Crippen LogP) is 4.82. The van der Waals surface area contributed by atoms with Crippen molar-refractivity contribution in [2.45, 2.75) is 70.9 Å². The van der Waals surface area contributed by atoms with Crippen molar-refractivity contribution < 1.29 is 18.8 Å². The molecule has 0 radical (unpaired) electrons. The van der Waals surface area contributed by atoms with Gasteiger partial charge in [-0.05, 0) is 69.4 Å². The summed E-state index contributed by atoms with van der Waals surface area (Å²) in [7, 11) is 1.67. The van der Waals surface area contributed by atoms with Crippen LogP contribution in [0.25, 0.3) is 21.9 Å². The Morgan fingerprint density at radius 3 is 2.31 bits per heavy atom. The molecule has 9 rings (SSSR count). The number of amides is 3. The second kappa shape index (κ2) is 15.1. The summed E-state index contributed by atoms with van der Waals surface area (Å²) in [5.74, 6) is 0.337. The van der Waals surface area contributed by atoms with Crippen LogP contribution in [-0.2, 0) is 11.8 Å². The molecule has 302 valence electrons. The van der Waals surface area contributed by atoms with Crippen molar-refractivity contribution >= 4 is 68.6 Å². The first-order chi connectivity index (χ1) is 28.0. The maximum Gasteiger partial charge on any atom is 0.329 e. The zero-order valence-corrected chi connectivity index (χ0v) is 33.0. The first-order valence-electron chi connectivity index (χ1n) is 20.2. The van der Waals surface area contributed by atoms with E-state index < -0.39 is 6.03 Å². The third-order valence-corrected chi connectivity index (χ3v) is 12.5. The molecule has 4 aromatic heterocycles. The van der Waals surface area contributed by atoms with Gasteiger partial charge in [0, 0.05) is 88.3 Å². The summed E-state index contributed by atoms with van der Waals surface area (Å²) in [5, 5.41) is 11.2. The molecule has 16 nitrogen and oxygen atoms in total. The lowest BCUT2D eigenvalue weighted by Crippen LogP contribution is -2.53. The number of anilines is 5. The monoisotopic (exact) mass is 790 g/mol. The number of imide groups is 1. The molecule has 58 heavy (non-hydrogen) atoms. The van der Waals surface area contributed by atoms with Crippen LogP contribution in [-0.4, -0.2) is 104 Å². The molecule has 0 spiro atoms. The normalized spacial score (nSPS) is 18.8. The van der Waals surface area contributed by atoms with Crippen LogP contribution in [0.4, 0.5) is 38.1 Å². The average molecular weight is 791 g/mol. The maximum atomic E-state index is 16.1. The minimum atomic E-state index is -0.547. The number of nitrogens with zero attached hydrogens (tertiary/aromatic N) is 10. The summed E-state index contributed by atoms with van der Waals surface area (Å²) in [6, 6.07) is 7.45. The molecule has 5 aromatic rings. The molecule has 1 saturated carbocycles. The van der Waals surface area contributed by atoms with E-state index in [9.17, 15) is 19.2 Å². The molecule has 3 saturated heterocycles. The van der Waals surface area contributed by atoms with Gasteiger partial charge < -0.3 is 15.1 Å². The zero-order valence-electron chi connectivity index (χ0n) is 33.0. The fourth-order valence-corrected chi connectivity index (χ4v) is 9.39. The summed E-state index contributed by atoms with van der Waals surface area (Å²) in [6.07, 6.45) is 9.56. The Balaban J connectivity index is 0.815. The quantitative estimate of drug-likeness (QED) is 0.206. The van der Waals surface area contributed by atoms with Crippen molar-refractivity contribution in [3.05, 3.63) is 64.0 Å². The molecular formula is C41H47FN12O4. The molecule has 7 heterocycles. The van der Waals surface area contributed by atoms with E-state index in [0.29, 0.717) is 69.9 Å². The summed E-state index contributed by atoms with van der Waals surface area (Å²) in [4.78, 5) is 72.6. The zero-order chi connectivity index (χ0) is 40.2. The molecule has 1 aromatic carbocycles. The number of benzene rings is 1. The number of urea groups is 1. The second-order valence-electron chi connectivity index (χ2n) is 15.9. The standard InChI is InChI=1S/C41H47FN12O4/c1-24-30-23-44-40(47-37(30)54(27-6-4-5-7-27)39(57)34(24)25(2)55)45-32-11-8-28(22-43-32)50-15-12-26(13-16-50)51-18-20-52(21-19-51)31-10-9-29-36(35(31)42)49(3)48-38(29)53-17-14-33(56)46-41(53)58/h8-11,22-23,26-27H,4-7,12-21H2,1-3H3,(H,46,56,58)(H,43,44,45,47). The highest BCUT2D eigenvalue weighted by Crippen LogP contribution is 2.35. The SMILES string of the molecule is CC(=O)c1c(C)c2cnc(Nc3ccc(N4CCC(N5CCN(c6ccc7c(N8CCC(=O)NC8=O)nn(C)c7c6F)CC5)CC4)cn3)nc2n(C2CCCC2)c1=O. The number of carbonyl (C=O) groups is 3. The van der Waals surface area contributed by atoms with Crippen LogP contribution in [0.3, 0.4) is 0 Å². The van der Waals surface area contributed by atoms with Gasteiger partial charge in [-0.1, -0.05) is 12.8 Å². The van der Waals surface area contributed by atoms with Gasteiger partial charge in [-0.25, -0.2) is 19.2 Å². The number of piperidine rings is 1. The smallest absolute Gasteiger partial charge is 0.329 e. The molecule has 17 heteroatoms. The summed E-state index contributed by atoms with van der Waals surface area (Å²) >= 11 is 0. The largest absolute Gasteiger partial charge is 0.370 e. The van der Waals surface area contributed by atoms with E-state index in [1.54, 1.807) is 30.8 Å². The number of hydrogen-bond donors (Lipinski definition) is 2. The Labute approximate surface area is 334 Å². The van der Waals surface area contributed by atoms with E-state index in [0.717, 1.165) is 70.4 Å². The number of carbonyl (C=O) groups excluding carboxylic acids is 3. The third-order valence-electron chi connectivity index (χ3n) is 12.5. The van der Waals surface area contributed by atoms with Gasteiger partial charge in [0.1, 0.15) is 17.0 Å². The highest BCUT2D eigenvalue weighted by atomic mass is 19.1. The number of piperazine rings is 1. The summed E-state index contributed by atoms with van der Waals surface area (Å²) < 4.78 is 19.3. The van der Waals surface area contributed by atoms with E-state index in [-0.39, 0.29) is 47.6 Å². The van der Waals surface area contributed by atoms with Gasteiger partial charge in [0.25, 0.3) is 5.56 Å². The van der Waals surface area contributed by atoms with E-state index in [1.165, 1.54) is 16.5 Å². The summed E-state index contributed by atoms with van der Waals surface area (Å²) in [5.41, 5.74) is 2.98. The lowest BCUT2D eigenvalue weighted by Gasteiger charge is -2.43. The van der Waals surface area contributed by atoms with Gasteiger partial charge in [0.15, 0.2) is 17.4 Å². The van der Waals surface area contributed by atoms with Gasteiger partial charge in [0.2, 0.25) is 11.9 Å². The van der Waals surface area contributed by atoms with Crippen LogP contribution in [0.1, 0.15) is 73.8 Å². The lowest BCUT2D eigenvalue weighted by molar-refractivity contribution is -0.120. The predicted molar refractivity (Wildman–Crippen MR) is 219 cm³/mol. The van der Waals surface area contributed by atoms with Gasteiger partial charge in [-0.3, -0.25) is 38.7 Å². The van der Waals surface area contributed by atoms with Crippen molar-refractivity contribution in [1.82, 2.24) is 39.5 Å². The Morgan fingerprint density at radius 1 is 0.862 bits per heavy atom. The highest BCUT2D eigenvalue weighted by Gasteiger charge is 2.32. The third kappa shape index (κ3) is 6.69. The van der Waals surface area contributed by atoms with E-state index in [1.807, 2.05) is 24.4 Å². The molecule has 3 aliphatic heterocycles. The van der Waals surface area contributed by atoms with Crippen LogP contribution >= 0.6 is 0 Å². The first kappa shape index (κ1) is 37.6. The fraction of sp³-hybridized carbons (Fsp3) is 0.463. The van der Waals surface area contributed by atoms with Gasteiger partial charge in [-0.15, -0.1) is 0 Å². The van der Waals surface area contributed by atoms with Crippen LogP contribution in [0, 0.1) is 12.7 Å². The van der Waals surface area contributed by atoms with Gasteiger partial charge >= 0.3 is 6.03 Å². The Hall–Kier alpha value is -5.97. The molecule has 4 fully saturated rings. The van der Waals surface area contributed by atoms with Crippen LogP contribution in [0.5, 0.6) is 0 Å². The number of Topliss-reactive ketones (excluding diaryl/α,β-unsaturated/α-hetero) is 1. The fourth-order valence-electron chi connectivity index (χ4n) is 9.39. The van der Waals surface area contributed by atoms with Crippen molar-refractivity contribution in [1.29, 1.82) is 0 Å². The maximum absolute atomic E-state index is 16.1. The number of nitrogens with one attached hydrogen (secondary N) is 2. The number of halogens is 1. The van der Waals surface area contributed by atoms with Crippen molar-refractivity contribution in [3.8, 4) is 0 Å². The topological polar surface area (TPSA) is 167 Å². The van der Waals surface area contributed by atoms with Gasteiger partial charge in [0.05, 0.1) is 23.1 Å². The van der Waals surface area contributed by atoms with Crippen LogP contribution in [0.2, 0.25) is 0 Å². The molecule has 0 unspecified atom stereocenters. The van der Waals surface area contributed by atoms with Gasteiger partial charge in [-0.2, -0.15) is 10.1 Å². The van der Waals surface area contributed by atoms with Crippen LogP contribution in [0.15, 0.2) is 41.5 Å². The molecule has 1 aliphatic carbocycles. The molecule has 0 bridgehead atoms. The lowest BCUT2D eigenvalue weighted by atomic mass is 10.0. The van der Waals surface area contributed by atoms with Crippen LogP contribution < -0.4 is 30.9 Å². The number of rotatable bonds is 8. The Bertz CT molecular complexity index is 2500. The molecule has 4 aliphatic rings. The Kier molecular flexibility index (Phi) is 9.78. The summed E-state index contributed by atoms with van der Waals surface area (Å²) in [6.45, 7) is 8.25. The molecule has 2 N–H and O–H groups in total. The minimum Gasteiger partial charge on any atom is -0.370 e. The first-order valence-corrected chi connectivity index (χ1v) is 20.2. The minimum absolute atomic E-state index is 0.00417. The molecular weight excluding hydrogens is 744 g/mol. The second-order valence-corrected chi connectivity index (χ2v) is 15.9. The van der Waals surface area contributed by atoms with Crippen molar-refractivity contribution in [3.63, 3.8) is 0 Å². The van der Waals surface area contributed by atoms with Crippen molar-refractivity contribution in [2.24, 2.45) is 7.05 Å². The number of ketones is 1. The Morgan fingerprint density at radius 2 is 1.62 bits per heavy atom. The molecule has 3 amide bonds. The number of aryl methyl sites for hydroxylation is 2. The molecule has 0 atom stereocenters. The average Bonchev–Trinajstić information content (AvgIpc) is 3.87. The van der Waals surface area contributed by atoms with Crippen molar-refractivity contribution in [2.75, 3.05) is 65.8 Å². The number of aromatic nitrogens is 6. The number of pyridine rings is 2. The number of hydrogen-bond acceptors (Lipinski definition) is 12.